The fraction of sp³-hybridized carbons (Fsp3) is 0.350. The third-order valence-corrected chi connectivity index (χ3v) is 4.26. The number of piperazine rings is 1. The highest BCUT2D eigenvalue weighted by Crippen LogP contribution is 2.24. The van der Waals surface area contributed by atoms with Gasteiger partial charge < -0.3 is 15.3 Å². The van der Waals surface area contributed by atoms with Crippen molar-refractivity contribution in [3.05, 3.63) is 48.1 Å². The highest BCUT2D eigenvalue weighted by Gasteiger charge is 2.12. The summed E-state index contributed by atoms with van der Waals surface area (Å²) >= 11 is 0. The Morgan fingerprint density at radius 3 is 2.58 bits per heavy atom. The fourth-order valence-corrected chi connectivity index (χ4v) is 2.77. The third kappa shape index (κ3) is 4.89. The summed E-state index contributed by atoms with van der Waals surface area (Å²) in [6.45, 7) is 11.4. The largest absolute Gasteiger partial charge is 0.507 e. The number of allylic oxidation sites excluding steroid dienone is 3. The Bertz CT molecular complexity index is 755. The van der Waals surface area contributed by atoms with Gasteiger partial charge in [-0.3, -0.25) is 4.99 Å². The quantitative estimate of drug-likeness (QED) is 0.486. The lowest BCUT2D eigenvalue weighted by Gasteiger charge is -2.28. The molecule has 0 aliphatic carbocycles. The average Bonchev–Trinajstić information content (AvgIpc) is 2.68. The molecule has 138 valence electrons. The molecule has 0 bridgehead atoms. The van der Waals surface area contributed by atoms with Crippen molar-refractivity contribution in [3.8, 4) is 5.75 Å². The molecule has 0 aromatic heterocycles. The predicted molar refractivity (Wildman–Crippen MR) is 110 cm³/mol. The van der Waals surface area contributed by atoms with Crippen LogP contribution in [0.15, 0.2) is 52.1 Å². The van der Waals surface area contributed by atoms with Crippen LogP contribution in [0.1, 0.15) is 25.0 Å². The van der Waals surface area contributed by atoms with Gasteiger partial charge in [-0.1, -0.05) is 18.7 Å². The van der Waals surface area contributed by atoms with E-state index in [4.69, 9.17) is 0 Å². The summed E-state index contributed by atoms with van der Waals surface area (Å²) in [5.74, 6) is 0.998. The number of aliphatic imine (C=N–C) groups is 1. The molecule has 0 saturated carbocycles. The summed E-state index contributed by atoms with van der Waals surface area (Å²) in [6, 6.07) is 5.46. The van der Waals surface area contributed by atoms with Gasteiger partial charge in [0.25, 0.3) is 0 Å². The molecule has 0 atom stereocenters. The molecule has 1 heterocycles. The number of rotatable bonds is 5. The predicted octanol–water partition coefficient (Wildman–Crippen LogP) is 2.71. The van der Waals surface area contributed by atoms with Crippen LogP contribution in [0.25, 0.3) is 5.57 Å². The maximum atomic E-state index is 10.5. The molecule has 1 fully saturated rings. The van der Waals surface area contributed by atoms with Crippen LogP contribution in [0.4, 0.5) is 0 Å². The highest BCUT2D eigenvalue weighted by atomic mass is 16.3. The Labute approximate surface area is 155 Å². The molecule has 0 spiro atoms. The van der Waals surface area contributed by atoms with E-state index in [0.29, 0.717) is 11.3 Å². The standard InChI is InChI=1S/C20H27N5O/c1-5-16(14-21-4)17-7-8-18(20(26)13-17)19(6-2)24-23-15(3)25-11-9-22-10-12-25/h5-8,13-14,22,26H,2,9-12H2,1,3-4H3/b16-5+,21-14?,23-15+,24-19+. The van der Waals surface area contributed by atoms with Crippen LogP contribution in [0.3, 0.4) is 0 Å². The topological polar surface area (TPSA) is 72.6 Å². The molecule has 6 nitrogen and oxygen atoms in total. The van der Waals surface area contributed by atoms with Gasteiger partial charge in [0.15, 0.2) is 0 Å². The molecule has 1 aromatic rings. The van der Waals surface area contributed by atoms with Crippen molar-refractivity contribution in [2.75, 3.05) is 33.2 Å². The van der Waals surface area contributed by atoms with Crippen molar-refractivity contribution in [1.82, 2.24) is 10.2 Å². The number of amidine groups is 1. The summed E-state index contributed by atoms with van der Waals surface area (Å²) in [6.07, 6.45) is 5.32. The van der Waals surface area contributed by atoms with E-state index in [0.717, 1.165) is 43.2 Å². The van der Waals surface area contributed by atoms with Gasteiger partial charge in [-0.2, -0.15) is 0 Å². The molecule has 6 heteroatoms. The summed E-state index contributed by atoms with van der Waals surface area (Å²) in [7, 11) is 1.72. The average molecular weight is 353 g/mol. The van der Waals surface area contributed by atoms with Crippen molar-refractivity contribution >= 4 is 23.3 Å². The van der Waals surface area contributed by atoms with Crippen LogP contribution in [0, 0.1) is 0 Å². The number of hydrogen-bond acceptors (Lipinski definition) is 5. The molecule has 26 heavy (non-hydrogen) atoms. The first-order chi connectivity index (χ1) is 12.6. The Morgan fingerprint density at radius 2 is 2.00 bits per heavy atom. The molecule has 0 amide bonds. The van der Waals surface area contributed by atoms with E-state index in [1.807, 2.05) is 32.1 Å². The molecule has 2 N–H and O–H groups in total. The van der Waals surface area contributed by atoms with Gasteiger partial charge >= 0.3 is 0 Å². The first-order valence-corrected chi connectivity index (χ1v) is 8.73. The van der Waals surface area contributed by atoms with Gasteiger partial charge in [0.1, 0.15) is 11.6 Å². The van der Waals surface area contributed by atoms with E-state index in [-0.39, 0.29) is 5.75 Å². The van der Waals surface area contributed by atoms with E-state index in [2.05, 4.69) is 32.0 Å². The Kier molecular flexibility index (Phi) is 7.29. The molecule has 2 rings (SSSR count). The lowest BCUT2D eigenvalue weighted by molar-refractivity contribution is 0.355. The minimum absolute atomic E-state index is 0.139. The smallest absolute Gasteiger partial charge is 0.125 e. The molecule has 1 saturated heterocycles. The monoisotopic (exact) mass is 353 g/mol. The number of benzene rings is 1. The summed E-state index contributed by atoms with van der Waals surface area (Å²) in [5, 5.41) is 22.4. The van der Waals surface area contributed by atoms with E-state index in [1.165, 1.54) is 0 Å². The molecule has 1 aliphatic heterocycles. The number of aromatic hydroxyl groups is 1. The van der Waals surface area contributed by atoms with Gasteiger partial charge in [-0.25, -0.2) is 0 Å². The number of hydrogen-bond donors (Lipinski definition) is 2. The van der Waals surface area contributed by atoms with Crippen LogP contribution in [0.2, 0.25) is 0 Å². The van der Waals surface area contributed by atoms with Crippen LogP contribution in [-0.2, 0) is 0 Å². The Balaban J connectivity index is 2.27. The van der Waals surface area contributed by atoms with Gasteiger partial charge in [-0.05, 0) is 43.2 Å². The highest BCUT2D eigenvalue weighted by molar-refractivity contribution is 6.12. The van der Waals surface area contributed by atoms with Crippen molar-refractivity contribution in [2.24, 2.45) is 15.2 Å². The number of phenolic OH excluding ortho intramolecular Hbond substituents is 1. The van der Waals surface area contributed by atoms with E-state index in [1.54, 1.807) is 25.4 Å². The molecule has 0 unspecified atom stereocenters. The van der Waals surface area contributed by atoms with Crippen LogP contribution in [0.5, 0.6) is 5.75 Å². The van der Waals surface area contributed by atoms with E-state index in [9.17, 15) is 5.11 Å². The number of nitrogens with zero attached hydrogens (tertiary/aromatic N) is 4. The molecular weight excluding hydrogens is 326 g/mol. The first kappa shape index (κ1) is 19.6. The SMILES string of the molecule is C=C/C(=N\N=C(/C)N1CCNCC1)c1ccc(/C(C=NC)=C/C)cc1O. The molecular formula is C20H27N5O. The lowest BCUT2D eigenvalue weighted by Crippen LogP contribution is -2.45. The zero-order valence-electron chi connectivity index (χ0n) is 15.7. The van der Waals surface area contributed by atoms with Crippen LogP contribution in [-0.4, -0.2) is 61.0 Å². The number of phenols is 1. The maximum absolute atomic E-state index is 10.5. The Hall–Kier alpha value is -2.73. The van der Waals surface area contributed by atoms with E-state index >= 15 is 0 Å². The zero-order valence-corrected chi connectivity index (χ0v) is 15.7. The third-order valence-electron chi connectivity index (χ3n) is 4.26. The zero-order chi connectivity index (χ0) is 18.9. The van der Waals surface area contributed by atoms with Crippen molar-refractivity contribution in [3.63, 3.8) is 0 Å². The lowest BCUT2D eigenvalue weighted by atomic mass is 10.0. The summed E-state index contributed by atoms with van der Waals surface area (Å²) < 4.78 is 0. The van der Waals surface area contributed by atoms with Crippen LogP contribution < -0.4 is 5.32 Å². The second kappa shape index (κ2) is 9.68. The van der Waals surface area contributed by atoms with Crippen molar-refractivity contribution < 1.29 is 5.11 Å². The first-order valence-electron chi connectivity index (χ1n) is 8.73. The van der Waals surface area contributed by atoms with Crippen molar-refractivity contribution in [1.29, 1.82) is 0 Å². The second-order valence-corrected chi connectivity index (χ2v) is 5.94. The Morgan fingerprint density at radius 1 is 1.27 bits per heavy atom. The summed E-state index contributed by atoms with van der Waals surface area (Å²) in [4.78, 5) is 6.22. The minimum atomic E-state index is 0.139. The van der Waals surface area contributed by atoms with Gasteiger partial charge in [0, 0.05) is 45.0 Å². The minimum Gasteiger partial charge on any atom is -0.507 e. The van der Waals surface area contributed by atoms with Crippen molar-refractivity contribution in [2.45, 2.75) is 13.8 Å². The maximum Gasteiger partial charge on any atom is 0.125 e. The van der Waals surface area contributed by atoms with Crippen LogP contribution >= 0.6 is 0 Å². The van der Waals surface area contributed by atoms with Gasteiger partial charge in [-0.15, -0.1) is 10.2 Å². The number of nitrogens with one attached hydrogen (secondary N) is 1. The molecule has 1 aromatic carbocycles. The fourth-order valence-electron chi connectivity index (χ4n) is 2.77. The normalized spacial score (nSPS) is 17.0. The van der Waals surface area contributed by atoms with Gasteiger partial charge in [0.2, 0.25) is 0 Å². The molecule has 0 radical (unpaired) electrons. The second-order valence-electron chi connectivity index (χ2n) is 5.94. The summed E-state index contributed by atoms with van der Waals surface area (Å²) in [5.41, 5.74) is 2.97. The van der Waals surface area contributed by atoms with E-state index < -0.39 is 0 Å². The van der Waals surface area contributed by atoms with Gasteiger partial charge in [0.05, 0.1) is 5.71 Å². The molecule has 1 aliphatic rings.